The fourth-order valence-corrected chi connectivity index (χ4v) is 2.37. The average Bonchev–Trinajstić information content (AvgIpc) is 2.18. The molecule has 4 N–H and O–H groups in total. The Kier molecular flexibility index (Phi) is 4.45. The van der Waals surface area contributed by atoms with Gasteiger partial charge in [0.15, 0.2) is 0 Å². The largest absolute Gasteiger partial charge is 0.388 e. The molecule has 0 aromatic heterocycles. The van der Waals surface area contributed by atoms with E-state index in [1.54, 1.807) is 0 Å². The standard InChI is InChI=1S/C7H16N4O3S/c8-7(9)1-2-10-15(12,13)11-3-5-14-6-4-11/h10H,1-6H2,(H3,8,9). The Morgan fingerprint density at radius 1 is 1.47 bits per heavy atom. The van der Waals surface area contributed by atoms with E-state index >= 15 is 0 Å². The molecule has 1 fully saturated rings. The summed E-state index contributed by atoms with van der Waals surface area (Å²) in [6, 6.07) is 0. The van der Waals surface area contributed by atoms with Gasteiger partial charge in [0.25, 0.3) is 10.2 Å². The first-order valence-electron chi connectivity index (χ1n) is 4.68. The number of amidine groups is 1. The maximum Gasteiger partial charge on any atom is 0.279 e. The third kappa shape index (κ3) is 4.12. The highest BCUT2D eigenvalue weighted by atomic mass is 32.2. The lowest BCUT2D eigenvalue weighted by molar-refractivity contribution is 0.0725. The predicted octanol–water partition coefficient (Wildman–Crippen LogP) is -1.52. The first-order valence-corrected chi connectivity index (χ1v) is 6.12. The Bertz CT molecular complexity index is 310. The minimum Gasteiger partial charge on any atom is -0.388 e. The fraction of sp³-hybridized carbons (Fsp3) is 0.857. The lowest BCUT2D eigenvalue weighted by atomic mass is 10.4. The van der Waals surface area contributed by atoms with E-state index in [9.17, 15) is 8.42 Å². The summed E-state index contributed by atoms with van der Waals surface area (Å²) in [4.78, 5) is 0. The highest BCUT2D eigenvalue weighted by molar-refractivity contribution is 7.87. The van der Waals surface area contributed by atoms with Gasteiger partial charge in [-0.25, -0.2) is 4.72 Å². The van der Waals surface area contributed by atoms with Crippen molar-refractivity contribution in [1.29, 1.82) is 5.41 Å². The van der Waals surface area contributed by atoms with Gasteiger partial charge in [-0.2, -0.15) is 12.7 Å². The molecule has 8 heteroatoms. The van der Waals surface area contributed by atoms with Gasteiger partial charge in [-0.05, 0) is 0 Å². The van der Waals surface area contributed by atoms with Gasteiger partial charge in [0, 0.05) is 26.1 Å². The first kappa shape index (κ1) is 12.4. The molecule has 1 rings (SSSR count). The monoisotopic (exact) mass is 236 g/mol. The second-order valence-corrected chi connectivity index (χ2v) is 4.94. The van der Waals surface area contributed by atoms with Crippen LogP contribution in [0.15, 0.2) is 0 Å². The highest BCUT2D eigenvalue weighted by Crippen LogP contribution is 2.02. The first-order chi connectivity index (χ1) is 7.02. The zero-order valence-corrected chi connectivity index (χ0v) is 9.22. The van der Waals surface area contributed by atoms with E-state index in [1.165, 1.54) is 4.31 Å². The molecule has 0 aromatic carbocycles. The molecule has 0 spiro atoms. The molecule has 0 amide bonds. The quantitative estimate of drug-likeness (QED) is 0.398. The molecule has 0 bridgehead atoms. The Labute approximate surface area is 89.3 Å². The Hall–Kier alpha value is -0.700. The van der Waals surface area contributed by atoms with Crippen molar-refractivity contribution in [1.82, 2.24) is 9.03 Å². The molecule has 1 heterocycles. The Morgan fingerprint density at radius 3 is 2.60 bits per heavy atom. The fourth-order valence-electron chi connectivity index (χ4n) is 1.19. The second kappa shape index (κ2) is 5.40. The Morgan fingerprint density at radius 2 is 2.07 bits per heavy atom. The number of hydrogen-bond donors (Lipinski definition) is 3. The molecule has 0 atom stereocenters. The SMILES string of the molecule is N=C(N)CCNS(=O)(=O)N1CCOCC1. The van der Waals surface area contributed by atoms with Crippen LogP contribution in [0.25, 0.3) is 0 Å². The minimum absolute atomic E-state index is 0.0281. The molecular weight excluding hydrogens is 220 g/mol. The van der Waals surface area contributed by atoms with Crippen LogP contribution in [0.2, 0.25) is 0 Å². The summed E-state index contributed by atoms with van der Waals surface area (Å²) < 4.78 is 32.0. The molecule has 1 aliphatic rings. The van der Waals surface area contributed by atoms with Crippen molar-refractivity contribution in [2.24, 2.45) is 5.73 Å². The maximum atomic E-state index is 11.6. The highest BCUT2D eigenvalue weighted by Gasteiger charge is 2.23. The van der Waals surface area contributed by atoms with Crippen molar-refractivity contribution < 1.29 is 13.2 Å². The number of nitrogens with two attached hydrogens (primary N) is 1. The van der Waals surface area contributed by atoms with Crippen molar-refractivity contribution in [2.45, 2.75) is 6.42 Å². The summed E-state index contributed by atoms with van der Waals surface area (Å²) in [6.45, 7) is 1.75. The van der Waals surface area contributed by atoms with E-state index in [1.807, 2.05) is 0 Å². The zero-order valence-electron chi connectivity index (χ0n) is 8.40. The van der Waals surface area contributed by atoms with Crippen LogP contribution in [-0.4, -0.2) is 51.4 Å². The molecule has 0 aliphatic carbocycles. The Balaban J connectivity index is 2.40. The van der Waals surface area contributed by atoms with Gasteiger partial charge < -0.3 is 10.5 Å². The molecule has 7 nitrogen and oxygen atoms in total. The maximum absolute atomic E-state index is 11.6. The molecule has 0 unspecified atom stereocenters. The zero-order chi connectivity index (χ0) is 11.3. The van der Waals surface area contributed by atoms with Crippen LogP contribution < -0.4 is 10.5 Å². The summed E-state index contributed by atoms with van der Waals surface area (Å²) in [5.41, 5.74) is 5.12. The molecule has 1 aliphatic heterocycles. The lowest BCUT2D eigenvalue weighted by Crippen LogP contribution is -2.47. The van der Waals surface area contributed by atoms with Crippen LogP contribution in [0, 0.1) is 5.41 Å². The van der Waals surface area contributed by atoms with E-state index in [0.29, 0.717) is 26.3 Å². The molecule has 1 saturated heterocycles. The smallest absolute Gasteiger partial charge is 0.279 e. The topological polar surface area (TPSA) is 109 Å². The third-order valence-corrected chi connectivity index (χ3v) is 3.60. The number of hydrogen-bond acceptors (Lipinski definition) is 4. The predicted molar refractivity (Wildman–Crippen MR) is 55.8 cm³/mol. The average molecular weight is 236 g/mol. The van der Waals surface area contributed by atoms with Crippen LogP contribution in [0.4, 0.5) is 0 Å². The summed E-state index contributed by atoms with van der Waals surface area (Å²) in [5, 5.41) is 6.96. The van der Waals surface area contributed by atoms with Gasteiger partial charge in [-0.3, -0.25) is 5.41 Å². The number of nitrogens with one attached hydrogen (secondary N) is 2. The van der Waals surface area contributed by atoms with Gasteiger partial charge in [0.05, 0.1) is 19.0 Å². The minimum atomic E-state index is -3.43. The van der Waals surface area contributed by atoms with E-state index < -0.39 is 10.2 Å². The molecule has 0 aromatic rings. The van der Waals surface area contributed by atoms with Crippen molar-refractivity contribution >= 4 is 16.0 Å². The number of morpholine rings is 1. The van der Waals surface area contributed by atoms with Gasteiger partial charge in [0.2, 0.25) is 0 Å². The summed E-state index contributed by atoms with van der Waals surface area (Å²) >= 11 is 0. The molecule has 0 saturated carbocycles. The molecule has 0 radical (unpaired) electrons. The van der Waals surface area contributed by atoms with E-state index in [2.05, 4.69) is 4.72 Å². The van der Waals surface area contributed by atoms with Gasteiger partial charge in [-0.15, -0.1) is 0 Å². The van der Waals surface area contributed by atoms with Crippen LogP contribution in [0.5, 0.6) is 0 Å². The molecule has 88 valence electrons. The van der Waals surface area contributed by atoms with Crippen LogP contribution in [-0.2, 0) is 14.9 Å². The molecule has 15 heavy (non-hydrogen) atoms. The van der Waals surface area contributed by atoms with Crippen molar-refractivity contribution in [3.63, 3.8) is 0 Å². The van der Waals surface area contributed by atoms with E-state index in [4.69, 9.17) is 15.9 Å². The van der Waals surface area contributed by atoms with Crippen LogP contribution in [0.1, 0.15) is 6.42 Å². The lowest BCUT2D eigenvalue weighted by Gasteiger charge is -2.25. The summed E-state index contributed by atoms with van der Waals surface area (Å²) in [5.74, 6) is -0.0281. The third-order valence-electron chi connectivity index (χ3n) is 1.99. The summed E-state index contributed by atoms with van der Waals surface area (Å²) in [7, 11) is -3.43. The van der Waals surface area contributed by atoms with Crippen molar-refractivity contribution in [3.05, 3.63) is 0 Å². The van der Waals surface area contributed by atoms with Crippen molar-refractivity contribution in [2.75, 3.05) is 32.8 Å². The van der Waals surface area contributed by atoms with E-state index in [-0.39, 0.29) is 18.8 Å². The summed E-state index contributed by atoms with van der Waals surface area (Å²) in [6.07, 6.45) is 0.226. The van der Waals surface area contributed by atoms with Gasteiger partial charge >= 0.3 is 0 Å². The number of ether oxygens (including phenoxy) is 1. The van der Waals surface area contributed by atoms with Gasteiger partial charge in [-0.1, -0.05) is 0 Å². The van der Waals surface area contributed by atoms with Crippen molar-refractivity contribution in [3.8, 4) is 0 Å². The normalized spacial score (nSPS) is 18.9. The second-order valence-electron chi connectivity index (χ2n) is 3.19. The van der Waals surface area contributed by atoms with Crippen LogP contribution >= 0.6 is 0 Å². The number of rotatable bonds is 5. The van der Waals surface area contributed by atoms with Gasteiger partial charge in [0.1, 0.15) is 0 Å². The number of nitrogens with zero attached hydrogens (tertiary/aromatic N) is 1. The van der Waals surface area contributed by atoms with E-state index in [0.717, 1.165) is 0 Å². The van der Waals surface area contributed by atoms with Crippen LogP contribution in [0.3, 0.4) is 0 Å². The molecular formula is C7H16N4O3S.